The predicted molar refractivity (Wildman–Crippen MR) is 178 cm³/mol. The van der Waals surface area contributed by atoms with Gasteiger partial charge in [0.25, 0.3) is 5.91 Å². The zero-order chi connectivity index (χ0) is 36.2. The number of amides is 2. The van der Waals surface area contributed by atoms with E-state index in [2.05, 4.69) is 30.6 Å². The highest BCUT2D eigenvalue weighted by Gasteiger charge is 2.33. The fourth-order valence-electron chi connectivity index (χ4n) is 6.09. The summed E-state index contributed by atoms with van der Waals surface area (Å²) in [5.74, 6) is -1.04. The molecule has 1 saturated carbocycles. The molecule has 15 nitrogen and oxygen atoms in total. The number of aromatic nitrogens is 8. The maximum atomic E-state index is 14.2. The van der Waals surface area contributed by atoms with Gasteiger partial charge >= 0.3 is 6.18 Å². The molecule has 5 aromatic rings. The maximum Gasteiger partial charge on any atom is 0.416 e. The minimum atomic E-state index is -4.62. The second-order valence-electron chi connectivity index (χ2n) is 12.3. The number of nitrogens with zero attached hydrogens (tertiary/aromatic N) is 10. The number of rotatable bonds is 8. The third-order valence-corrected chi connectivity index (χ3v) is 9.21. The summed E-state index contributed by atoms with van der Waals surface area (Å²) >= 11 is 6.12. The molecule has 0 atom stereocenters. The van der Waals surface area contributed by atoms with Crippen LogP contribution in [-0.4, -0.2) is 87.3 Å². The van der Waals surface area contributed by atoms with Gasteiger partial charge in [-0.05, 0) is 44.4 Å². The van der Waals surface area contributed by atoms with Gasteiger partial charge in [0, 0.05) is 44.1 Å². The first kappa shape index (κ1) is 34.0. The van der Waals surface area contributed by atoms with Crippen LogP contribution in [0.3, 0.4) is 0 Å². The smallest absolute Gasteiger partial charge is 0.416 e. The SMILES string of the molecule is CCc1c(N2CCN(C(=O)c3ncnc(C)c3O)CC2)c(=O)c2nn(-c3ccn(C4CC4)n3)nc2n1CC(=O)Nc1ccc(C(F)(F)F)cc1Cl. The van der Waals surface area contributed by atoms with Crippen LogP contribution in [0.1, 0.15) is 53.2 Å². The quantitative estimate of drug-likeness (QED) is 0.240. The van der Waals surface area contributed by atoms with Crippen LogP contribution in [0.5, 0.6) is 5.75 Å². The average Bonchev–Trinajstić information content (AvgIpc) is 3.65. The molecular formula is C32H31ClF3N11O4. The number of hydrogen-bond acceptors (Lipinski definition) is 10. The highest BCUT2D eigenvalue weighted by Crippen LogP contribution is 2.35. The number of hydrogen-bond donors (Lipinski definition) is 2. The molecule has 1 aromatic carbocycles. The lowest BCUT2D eigenvalue weighted by Crippen LogP contribution is -2.50. The van der Waals surface area contributed by atoms with Crippen molar-refractivity contribution >= 4 is 46.0 Å². The Bertz CT molecular complexity index is 2240. The van der Waals surface area contributed by atoms with E-state index in [4.69, 9.17) is 11.6 Å². The van der Waals surface area contributed by atoms with Gasteiger partial charge in [0.05, 0.1) is 28.0 Å². The number of pyridine rings is 1. The van der Waals surface area contributed by atoms with E-state index < -0.39 is 29.0 Å². The van der Waals surface area contributed by atoms with Crippen molar-refractivity contribution in [2.75, 3.05) is 36.4 Å². The van der Waals surface area contributed by atoms with Gasteiger partial charge in [-0.25, -0.2) is 9.97 Å². The molecule has 266 valence electrons. The van der Waals surface area contributed by atoms with Crippen LogP contribution in [0, 0.1) is 6.92 Å². The van der Waals surface area contributed by atoms with Gasteiger partial charge in [-0.2, -0.15) is 18.3 Å². The summed E-state index contributed by atoms with van der Waals surface area (Å²) in [6, 6.07) is 4.63. The molecule has 0 bridgehead atoms. The molecule has 7 rings (SSSR count). The van der Waals surface area contributed by atoms with E-state index >= 15 is 0 Å². The van der Waals surface area contributed by atoms with Gasteiger partial charge < -0.3 is 24.8 Å². The largest absolute Gasteiger partial charge is 0.504 e. The molecule has 1 aliphatic heterocycles. The number of aryl methyl sites for hydroxylation is 1. The lowest BCUT2D eigenvalue weighted by molar-refractivity contribution is -0.137. The highest BCUT2D eigenvalue weighted by atomic mass is 35.5. The molecule has 2 aliphatic rings. The number of anilines is 2. The first-order valence-corrected chi connectivity index (χ1v) is 16.5. The summed E-state index contributed by atoms with van der Waals surface area (Å²) in [6.07, 6.45) is 0.678. The molecule has 1 aliphatic carbocycles. The normalized spacial score (nSPS) is 15.1. The van der Waals surface area contributed by atoms with Crippen LogP contribution in [0.15, 0.2) is 41.6 Å². The van der Waals surface area contributed by atoms with Gasteiger partial charge in [-0.1, -0.05) is 18.5 Å². The molecule has 0 spiro atoms. The second-order valence-corrected chi connectivity index (χ2v) is 12.7. The van der Waals surface area contributed by atoms with E-state index in [1.807, 2.05) is 16.5 Å². The van der Waals surface area contributed by atoms with Crippen LogP contribution in [-0.2, 0) is 23.9 Å². The van der Waals surface area contributed by atoms with Gasteiger partial charge in [-0.3, -0.25) is 19.1 Å². The lowest BCUT2D eigenvalue weighted by Gasteiger charge is -2.36. The molecule has 19 heteroatoms. The number of fused-ring (bicyclic) bond motifs is 1. The standard InChI is InChI=1S/C32H31ClF3N11O4/c1-3-22-27(43-10-12-44(13-11-43)31(51)26-28(49)17(2)37-16-38-26)29(50)25-30(42-47(41-25)23-8-9-46(40-23)19-5-6-19)45(22)15-24(48)39-21-7-4-18(14-20(21)33)32(34,35)36/h4,7-9,14,16,19,49H,3,5-6,10-13,15H2,1-2H3,(H,39,48). The van der Waals surface area contributed by atoms with E-state index in [9.17, 15) is 32.7 Å². The van der Waals surface area contributed by atoms with Crippen LogP contribution in [0.4, 0.5) is 24.5 Å². The van der Waals surface area contributed by atoms with Gasteiger partial charge in [0.1, 0.15) is 18.6 Å². The molecule has 4 aromatic heterocycles. The number of carbonyl (C=O) groups is 2. The van der Waals surface area contributed by atoms with E-state index in [1.54, 1.807) is 23.8 Å². The lowest BCUT2D eigenvalue weighted by atomic mass is 10.1. The van der Waals surface area contributed by atoms with Crippen molar-refractivity contribution in [1.29, 1.82) is 0 Å². The molecule has 0 radical (unpaired) electrons. The summed E-state index contributed by atoms with van der Waals surface area (Å²) in [7, 11) is 0. The predicted octanol–water partition coefficient (Wildman–Crippen LogP) is 3.75. The molecule has 0 unspecified atom stereocenters. The summed E-state index contributed by atoms with van der Waals surface area (Å²) in [6.45, 7) is 3.85. The molecular weight excluding hydrogens is 695 g/mol. The van der Waals surface area contributed by atoms with Gasteiger partial charge in [0.15, 0.2) is 28.4 Å². The fraction of sp³-hybridized carbons (Fsp3) is 0.375. The molecule has 2 amide bonds. The molecule has 1 saturated heterocycles. The van der Waals surface area contributed by atoms with Crippen molar-refractivity contribution in [3.05, 3.63) is 74.7 Å². The van der Waals surface area contributed by atoms with Crippen molar-refractivity contribution in [1.82, 2.24) is 44.2 Å². The summed E-state index contributed by atoms with van der Waals surface area (Å²) in [5, 5.41) is 26.3. The van der Waals surface area contributed by atoms with E-state index in [1.165, 1.54) is 16.0 Å². The van der Waals surface area contributed by atoms with Gasteiger partial charge in [0.2, 0.25) is 11.3 Å². The van der Waals surface area contributed by atoms with Crippen LogP contribution in [0.2, 0.25) is 5.02 Å². The number of aromatic hydroxyl groups is 1. The summed E-state index contributed by atoms with van der Waals surface area (Å²) < 4.78 is 43.0. The topological polar surface area (TPSA) is 169 Å². The number of halogens is 4. The second kappa shape index (κ2) is 13.0. The van der Waals surface area contributed by atoms with Crippen molar-refractivity contribution in [3.63, 3.8) is 0 Å². The Morgan fingerprint density at radius 1 is 1.06 bits per heavy atom. The third-order valence-electron chi connectivity index (χ3n) is 8.90. The molecule has 2 N–H and O–H groups in total. The molecule has 5 heterocycles. The van der Waals surface area contributed by atoms with Crippen LogP contribution < -0.4 is 15.6 Å². The number of carbonyl (C=O) groups excluding carboxylic acids is 2. The number of piperazine rings is 1. The number of benzene rings is 1. The van der Waals surface area contributed by atoms with E-state index in [0.29, 0.717) is 11.5 Å². The fourth-order valence-corrected chi connectivity index (χ4v) is 6.32. The maximum absolute atomic E-state index is 14.2. The Balaban J connectivity index is 1.24. The molecule has 2 fully saturated rings. The average molecular weight is 726 g/mol. The van der Waals surface area contributed by atoms with E-state index in [-0.39, 0.29) is 89.9 Å². The summed E-state index contributed by atoms with van der Waals surface area (Å²) in [4.78, 5) is 53.4. The van der Waals surface area contributed by atoms with Crippen molar-refractivity contribution in [2.45, 2.75) is 51.9 Å². The van der Waals surface area contributed by atoms with Crippen molar-refractivity contribution in [3.8, 4) is 11.6 Å². The Morgan fingerprint density at radius 3 is 2.47 bits per heavy atom. The van der Waals surface area contributed by atoms with Crippen LogP contribution >= 0.6 is 11.6 Å². The minimum absolute atomic E-state index is 0.0230. The van der Waals surface area contributed by atoms with Crippen LogP contribution in [0.25, 0.3) is 17.0 Å². The number of alkyl halides is 3. The summed E-state index contributed by atoms with van der Waals surface area (Å²) in [5.41, 5.74) is -0.445. The Morgan fingerprint density at radius 2 is 1.80 bits per heavy atom. The van der Waals surface area contributed by atoms with E-state index in [0.717, 1.165) is 31.0 Å². The highest BCUT2D eigenvalue weighted by molar-refractivity contribution is 6.33. The zero-order valence-corrected chi connectivity index (χ0v) is 28.1. The first-order chi connectivity index (χ1) is 24.3. The van der Waals surface area contributed by atoms with Crippen molar-refractivity contribution in [2.24, 2.45) is 0 Å². The zero-order valence-electron chi connectivity index (χ0n) is 27.4. The minimum Gasteiger partial charge on any atom is -0.504 e. The Kier molecular flexibility index (Phi) is 8.64. The molecule has 51 heavy (non-hydrogen) atoms. The van der Waals surface area contributed by atoms with Crippen molar-refractivity contribution < 1.29 is 27.9 Å². The first-order valence-electron chi connectivity index (χ1n) is 16.1. The Labute approximate surface area is 292 Å². The number of nitrogens with one attached hydrogen (secondary N) is 1. The Hall–Kier alpha value is -5.52. The van der Waals surface area contributed by atoms with Gasteiger partial charge in [-0.15, -0.1) is 15.0 Å². The monoisotopic (exact) mass is 725 g/mol. The third kappa shape index (κ3) is 6.46.